The Hall–Kier alpha value is -3.03. The quantitative estimate of drug-likeness (QED) is 0.548. The lowest BCUT2D eigenvalue weighted by molar-refractivity contribution is 0.105. The minimum Gasteiger partial charge on any atom is -0.497 e. The SMILES string of the molecule is COc1ccc(-c2cc3ccc(OC)cc3c(=O)n2C)c(OCC(O)CNC(C)C)c1. The first-order valence-electron chi connectivity index (χ1n) is 10.2. The molecule has 0 aliphatic heterocycles. The second-order valence-electron chi connectivity index (χ2n) is 7.74. The molecule has 2 aromatic carbocycles. The lowest BCUT2D eigenvalue weighted by atomic mass is 10.0. The minimum atomic E-state index is -0.672. The predicted octanol–water partition coefficient (Wildman–Crippen LogP) is 2.96. The fourth-order valence-corrected chi connectivity index (χ4v) is 3.34. The van der Waals surface area contributed by atoms with Crippen LogP contribution in [0, 0.1) is 0 Å². The number of pyridine rings is 1. The molecule has 1 heterocycles. The monoisotopic (exact) mass is 426 g/mol. The second kappa shape index (κ2) is 9.85. The number of fused-ring (bicyclic) bond motifs is 1. The highest BCUT2D eigenvalue weighted by Gasteiger charge is 2.16. The molecule has 0 fully saturated rings. The normalized spacial score (nSPS) is 12.2. The number of aliphatic hydroxyl groups is 1. The Morgan fingerprint density at radius 1 is 1.03 bits per heavy atom. The van der Waals surface area contributed by atoms with Gasteiger partial charge < -0.3 is 29.2 Å². The van der Waals surface area contributed by atoms with Gasteiger partial charge in [-0.05, 0) is 35.7 Å². The van der Waals surface area contributed by atoms with Crippen LogP contribution in [0.25, 0.3) is 22.0 Å². The maximum atomic E-state index is 13.0. The molecule has 0 saturated carbocycles. The summed E-state index contributed by atoms with van der Waals surface area (Å²) in [6.07, 6.45) is -0.672. The van der Waals surface area contributed by atoms with Gasteiger partial charge in [0.15, 0.2) is 0 Å². The average Bonchev–Trinajstić information content (AvgIpc) is 2.78. The summed E-state index contributed by atoms with van der Waals surface area (Å²) in [5.41, 5.74) is 1.31. The van der Waals surface area contributed by atoms with Crippen LogP contribution in [0.4, 0.5) is 0 Å². The number of hydrogen-bond acceptors (Lipinski definition) is 6. The second-order valence-corrected chi connectivity index (χ2v) is 7.74. The van der Waals surface area contributed by atoms with Crippen LogP contribution in [0.5, 0.6) is 17.2 Å². The van der Waals surface area contributed by atoms with E-state index in [-0.39, 0.29) is 18.2 Å². The van der Waals surface area contributed by atoms with Crippen LogP contribution >= 0.6 is 0 Å². The summed E-state index contributed by atoms with van der Waals surface area (Å²) in [5, 5.41) is 14.8. The van der Waals surface area contributed by atoms with Gasteiger partial charge in [-0.2, -0.15) is 0 Å². The standard InChI is InChI=1S/C24H30N2O5/c1-15(2)25-13-17(27)14-31-23-12-19(30-5)8-9-20(23)22-10-16-6-7-18(29-4)11-21(16)24(28)26(22)3/h6-12,15,17,25,27H,13-14H2,1-5H3. The van der Waals surface area contributed by atoms with Crippen molar-refractivity contribution in [2.45, 2.75) is 26.0 Å². The molecular weight excluding hydrogens is 396 g/mol. The molecule has 7 nitrogen and oxygen atoms in total. The molecule has 0 bridgehead atoms. The Bertz CT molecular complexity index is 1110. The van der Waals surface area contributed by atoms with Gasteiger partial charge in [-0.3, -0.25) is 4.79 Å². The molecule has 0 amide bonds. The molecule has 7 heteroatoms. The lowest BCUT2D eigenvalue weighted by Crippen LogP contribution is -2.35. The molecule has 166 valence electrons. The first-order chi connectivity index (χ1) is 14.8. The van der Waals surface area contributed by atoms with Crippen molar-refractivity contribution in [1.82, 2.24) is 9.88 Å². The van der Waals surface area contributed by atoms with Crippen molar-refractivity contribution >= 4 is 10.8 Å². The Labute approximate surface area is 182 Å². The molecule has 3 aromatic rings. The summed E-state index contributed by atoms with van der Waals surface area (Å²) in [6.45, 7) is 4.57. The molecule has 1 aromatic heterocycles. The molecule has 0 radical (unpaired) electrons. The van der Waals surface area contributed by atoms with Gasteiger partial charge in [0.1, 0.15) is 30.0 Å². The van der Waals surface area contributed by atoms with Crippen molar-refractivity contribution in [1.29, 1.82) is 0 Å². The molecule has 31 heavy (non-hydrogen) atoms. The van der Waals surface area contributed by atoms with Crippen LogP contribution < -0.4 is 25.1 Å². The van der Waals surface area contributed by atoms with Crippen LogP contribution in [0.15, 0.2) is 47.3 Å². The van der Waals surface area contributed by atoms with E-state index in [9.17, 15) is 9.90 Å². The van der Waals surface area contributed by atoms with Crippen molar-refractivity contribution in [2.24, 2.45) is 7.05 Å². The molecular formula is C24H30N2O5. The fraction of sp³-hybridized carbons (Fsp3) is 0.375. The summed E-state index contributed by atoms with van der Waals surface area (Å²) >= 11 is 0. The van der Waals surface area contributed by atoms with E-state index in [0.29, 0.717) is 34.9 Å². The third-order valence-electron chi connectivity index (χ3n) is 5.11. The highest BCUT2D eigenvalue weighted by Crippen LogP contribution is 2.34. The summed E-state index contributed by atoms with van der Waals surface area (Å²) in [7, 11) is 4.89. The van der Waals surface area contributed by atoms with E-state index >= 15 is 0 Å². The Balaban J connectivity index is 2.01. The Kier molecular flexibility index (Phi) is 7.20. The summed E-state index contributed by atoms with van der Waals surface area (Å²) < 4.78 is 18.2. The van der Waals surface area contributed by atoms with Crippen molar-refractivity contribution < 1.29 is 19.3 Å². The van der Waals surface area contributed by atoms with E-state index in [1.807, 2.05) is 44.2 Å². The third-order valence-corrected chi connectivity index (χ3v) is 5.11. The number of nitrogens with zero attached hydrogens (tertiary/aromatic N) is 1. The number of hydrogen-bond donors (Lipinski definition) is 2. The predicted molar refractivity (Wildman–Crippen MR) is 122 cm³/mol. The summed E-state index contributed by atoms with van der Waals surface area (Å²) in [6, 6.07) is 13.1. The molecule has 0 saturated heterocycles. The first kappa shape index (κ1) is 22.7. The van der Waals surface area contributed by atoms with E-state index in [0.717, 1.165) is 10.9 Å². The molecule has 0 aliphatic carbocycles. The van der Waals surface area contributed by atoms with Gasteiger partial charge in [0.2, 0.25) is 0 Å². The van der Waals surface area contributed by atoms with Gasteiger partial charge in [0.25, 0.3) is 5.56 Å². The van der Waals surface area contributed by atoms with Gasteiger partial charge in [-0.15, -0.1) is 0 Å². The number of ether oxygens (including phenoxy) is 3. The van der Waals surface area contributed by atoms with Crippen molar-refractivity contribution in [2.75, 3.05) is 27.4 Å². The van der Waals surface area contributed by atoms with E-state index in [2.05, 4.69) is 5.32 Å². The van der Waals surface area contributed by atoms with Crippen LogP contribution in [0.2, 0.25) is 0 Å². The minimum absolute atomic E-state index is 0.110. The summed E-state index contributed by atoms with van der Waals surface area (Å²) in [4.78, 5) is 13.0. The molecule has 3 rings (SSSR count). The number of methoxy groups -OCH3 is 2. The van der Waals surface area contributed by atoms with E-state index in [1.165, 1.54) is 0 Å². The van der Waals surface area contributed by atoms with Crippen LogP contribution in [0.3, 0.4) is 0 Å². The Morgan fingerprint density at radius 2 is 1.71 bits per heavy atom. The first-order valence-corrected chi connectivity index (χ1v) is 10.2. The van der Waals surface area contributed by atoms with E-state index in [4.69, 9.17) is 14.2 Å². The maximum Gasteiger partial charge on any atom is 0.258 e. The van der Waals surface area contributed by atoms with Gasteiger partial charge in [-0.25, -0.2) is 0 Å². The largest absolute Gasteiger partial charge is 0.497 e. The lowest BCUT2D eigenvalue weighted by Gasteiger charge is -2.19. The number of rotatable bonds is 9. The molecule has 1 atom stereocenters. The van der Waals surface area contributed by atoms with Crippen molar-refractivity contribution in [3.8, 4) is 28.5 Å². The van der Waals surface area contributed by atoms with Crippen LogP contribution in [0.1, 0.15) is 13.8 Å². The highest BCUT2D eigenvalue weighted by atomic mass is 16.5. The number of nitrogens with one attached hydrogen (secondary N) is 1. The highest BCUT2D eigenvalue weighted by molar-refractivity contribution is 5.87. The molecule has 0 spiro atoms. The maximum absolute atomic E-state index is 13.0. The molecule has 2 N–H and O–H groups in total. The Morgan fingerprint density at radius 3 is 2.39 bits per heavy atom. The zero-order valence-corrected chi connectivity index (χ0v) is 18.6. The number of aliphatic hydroxyl groups excluding tert-OH is 1. The fourth-order valence-electron chi connectivity index (χ4n) is 3.34. The van der Waals surface area contributed by atoms with Crippen LogP contribution in [-0.2, 0) is 7.05 Å². The molecule has 1 unspecified atom stereocenters. The zero-order valence-electron chi connectivity index (χ0n) is 18.6. The summed E-state index contributed by atoms with van der Waals surface area (Å²) in [5.74, 6) is 1.80. The van der Waals surface area contributed by atoms with Crippen molar-refractivity contribution in [3.63, 3.8) is 0 Å². The molecule has 0 aliphatic rings. The smallest absolute Gasteiger partial charge is 0.258 e. The van der Waals surface area contributed by atoms with Gasteiger partial charge >= 0.3 is 0 Å². The van der Waals surface area contributed by atoms with E-state index in [1.54, 1.807) is 38.0 Å². The zero-order chi connectivity index (χ0) is 22.5. The number of aromatic nitrogens is 1. The van der Waals surface area contributed by atoms with Gasteiger partial charge in [-0.1, -0.05) is 19.9 Å². The van der Waals surface area contributed by atoms with Crippen LogP contribution in [-0.4, -0.2) is 49.2 Å². The number of benzene rings is 2. The van der Waals surface area contributed by atoms with E-state index < -0.39 is 6.10 Å². The topological polar surface area (TPSA) is 82.0 Å². The van der Waals surface area contributed by atoms with Gasteiger partial charge in [0.05, 0.1) is 25.3 Å². The van der Waals surface area contributed by atoms with Crippen molar-refractivity contribution in [3.05, 3.63) is 52.8 Å². The third kappa shape index (κ3) is 5.18. The average molecular weight is 427 g/mol. The van der Waals surface area contributed by atoms with Gasteiger partial charge in [0, 0.05) is 31.3 Å².